The molecule has 0 radical (unpaired) electrons. The lowest BCUT2D eigenvalue weighted by Crippen LogP contribution is -2.24. The second-order valence-electron chi connectivity index (χ2n) is 4.64. The SMILES string of the molecule is C=C(Cl)CNS(=O)(=O)c1ccc(CNC2CC2)cc1. The van der Waals surface area contributed by atoms with Gasteiger partial charge >= 0.3 is 0 Å². The minimum absolute atomic E-state index is 0.0366. The van der Waals surface area contributed by atoms with Crippen LogP contribution in [0.1, 0.15) is 18.4 Å². The molecule has 0 heterocycles. The molecule has 1 aromatic rings. The smallest absolute Gasteiger partial charge is 0.240 e. The van der Waals surface area contributed by atoms with Gasteiger partial charge < -0.3 is 5.32 Å². The molecule has 1 aromatic carbocycles. The second-order valence-corrected chi connectivity index (χ2v) is 6.94. The number of halogens is 1. The lowest BCUT2D eigenvalue weighted by molar-refractivity contribution is 0.585. The Labute approximate surface area is 118 Å². The lowest BCUT2D eigenvalue weighted by Gasteiger charge is -2.07. The van der Waals surface area contributed by atoms with Crippen molar-refractivity contribution in [2.45, 2.75) is 30.3 Å². The molecule has 0 saturated heterocycles. The highest BCUT2D eigenvalue weighted by molar-refractivity contribution is 7.89. The fraction of sp³-hybridized carbons (Fsp3) is 0.385. The maximum absolute atomic E-state index is 11.9. The summed E-state index contributed by atoms with van der Waals surface area (Å²) in [5.41, 5.74) is 1.08. The van der Waals surface area contributed by atoms with Gasteiger partial charge in [-0.1, -0.05) is 30.3 Å². The van der Waals surface area contributed by atoms with E-state index >= 15 is 0 Å². The topological polar surface area (TPSA) is 58.2 Å². The number of rotatable bonds is 7. The normalized spacial score (nSPS) is 15.4. The molecule has 2 N–H and O–H groups in total. The Morgan fingerprint density at radius 1 is 1.32 bits per heavy atom. The zero-order valence-corrected chi connectivity index (χ0v) is 12.1. The number of benzene rings is 1. The monoisotopic (exact) mass is 300 g/mol. The van der Waals surface area contributed by atoms with E-state index < -0.39 is 10.0 Å². The highest BCUT2D eigenvalue weighted by Gasteiger charge is 2.20. The van der Waals surface area contributed by atoms with Gasteiger partial charge in [0.1, 0.15) is 0 Å². The maximum Gasteiger partial charge on any atom is 0.240 e. The first-order valence-corrected chi connectivity index (χ1v) is 7.99. The molecule has 0 unspecified atom stereocenters. The Morgan fingerprint density at radius 2 is 1.95 bits per heavy atom. The average molecular weight is 301 g/mol. The average Bonchev–Trinajstić information content (AvgIpc) is 3.19. The molecule has 0 amide bonds. The van der Waals surface area contributed by atoms with Crippen LogP contribution in [0.25, 0.3) is 0 Å². The molecule has 104 valence electrons. The number of nitrogens with one attached hydrogen (secondary N) is 2. The van der Waals surface area contributed by atoms with Gasteiger partial charge in [0.2, 0.25) is 10.0 Å². The quantitative estimate of drug-likeness (QED) is 0.809. The second kappa shape index (κ2) is 6.05. The molecular formula is C13H17ClN2O2S. The van der Waals surface area contributed by atoms with Crippen molar-refractivity contribution < 1.29 is 8.42 Å². The van der Waals surface area contributed by atoms with Crippen molar-refractivity contribution in [3.63, 3.8) is 0 Å². The zero-order chi connectivity index (χ0) is 13.9. The van der Waals surface area contributed by atoms with Gasteiger partial charge in [-0.15, -0.1) is 0 Å². The van der Waals surface area contributed by atoms with Crippen molar-refractivity contribution in [2.24, 2.45) is 0 Å². The molecule has 4 nitrogen and oxygen atoms in total. The fourth-order valence-corrected chi connectivity index (χ4v) is 2.76. The van der Waals surface area contributed by atoms with Crippen LogP contribution in [0.2, 0.25) is 0 Å². The van der Waals surface area contributed by atoms with Gasteiger partial charge in [0.15, 0.2) is 0 Å². The van der Waals surface area contributed by atoms with E-state index in [-0.39, 0.29) is 16.5 Å². The van der Waals surface area contributed by atoms with E-state index in [4.69, 9.17) is 11.6 Å². The highest BCUT2D eigenvalue weighted by Crippen LogP contribution is 2.19. The minimum atomic E-state index is -3.51. The summed E-state index contributed by atoms with van der Waals surface area (Å²) in [7, 11) is -3.51. The molecule has 19 heavy (non-hydrogen) atoms. The van der Waals surface area contributed by atoms with E-state index in [1.165, 1.54) is 12.8 Å². The Hall–Kier alpha value is -0.880. The molecule has 0 atom stereocenters. The van der Waals surface area contributed by atoms with Crippen LogP contribution in [0.15, 0.2) is 40.8 Å². The van der Waals surface area contributed by atoms with E-state index in [0.717, 1.165) is 12.1 Å². The molecule has 2 rings (SSSR count). The summed E-state index contributed by atoms with van der Waals surface area (Å²) < 4.78 is 26.2. The van der Waals surface area contributed by atoms with Gasteiger partial charge in [-0.3, -0.25) is 0 Å². The third-order valence-electron chi connectivity index (χ3n) is 2.86. The molecular weight excluding hydrogens is 284 g/mol. The molecule has 6 heteroatoms. The maximum atomic E-state index is 11.9. The van der Waals surface area contributed by atoms with E-state index in [0.29, 0.717) is 6.04 Å². The van der Waals surface area contributed by atoms with E-state index in [1.807, 2.05) is 12.1 Å². The van der Waals surface area contributed by atoms with Crippen molar-refractivity contribution in [3.05, 3.63) is 41.4 Å². The minimum Gasteiger partial charge on any atom is -0.310 e. The Bertz CT molecular complexity index is 551. The van der Waals surface area contributed by atoms with Crippen LogP contribution in [0.4, 0.5) is 0 Å². The third kappa shape index (κ3) is 4.62. The van der Waals surface area contributed by atoms with Crippen molar-refractivity contribution in [3.8, 4) is 0 Å². The zero-order valence-electron chi connectivity index (χ0n) is 10.5. The Kier molecular flexibility index (Phi) is 4.62. The fourth-order valence-electron chi connectivity index (χ4n) is 1.59. The van der Waals surface area contributed by atoms with Gasteiger partial charge in [-0.05, 0) is 30.5 Å². The van der Waals surface area contributed by atoms with Gasteiger partial charge in [0, 0.05) is 24.2 Å². The predicted molar refractivity (Wildman–Crippen MR) is 76.5 cm³/mol. The molecule has 1 fully saturated rings. The van der Waals surface area contributed by atoms with Crippen LogP contribution in [0.5, 0.6) is 0 Å². The van der Waals surface area contributed by atoms with Crippen molar-refractivity contribution in [2.75, 3.05) is 6.54 Å². The molecule has 0 aliphatic heterocycles. The first-order valence-electron chi connectivity index (χ1n) is 6.12. The molecule has 0 aromatic heterocycles. The van der Waals surface area contributed by atoms with Crippen molar-refractivity contribution in [1.82, 2.24) is 10.0 Å². The molecule has 1 aliphatic rings. The van der Waals surface area contributed by atoms with E-state index in [1.54, 1.807) is 12.1 Å². The first-order chi connectivity index (χ1) is 8.97. The molecule has 1 aliphatic carbocycles. The van der Waals surface area contributed by atoms with Gasteiger partial charge in [-0.25, -0.2) is 13.1 Å². The van der Waals surface area contributed by atoms with Gasteiger partial charge in [0.25, 0.3) is 0 Å². The summed E-state index contributed by atoms with van der Waals surface area (Å²) in [5.74, 6) is 0. The number of hydrogen-bond donors (Lipinski definition) is 2. The van der Waals surface area contributed by atoms with Crippen LogP contribution < -0.4 is 10.0 Å². The van der Waals surface area contributed by atoms with E-state index in [2.05, 4.69) is 16.6 Å². The lowest BCUT2D eigenvalue weighted by atomic mass is 10.2. The highest BCUT2D eigenvalue weighted by atomic mass is 35.5. The van der Waals surface area contributed by atoms with Crippen LogP contribution in [-0.4, -0.2) is 21.0 Å². The van der Waals surface area contributed by atoms with Crippen molar-refractivity contribution in [1.29, 1.82) is 0 Å². The van der Waals surface area contributed by atoms with Gasteiger partial charge in [-0.2, -0.15) is 0 Å². The summed E-state index contributed by atoms with van der Waals surface area (Å²) in [6.07, 6.45) is 2.47. The predicted octanol–water partition coefficient (Wildman–Crippen LogP) is 1.97. The number of sulfonamides is 1. The van der Waals surface area contributed by atoms with Gasteiger partial charge in [0.05, 0.1) is 4.90 Å². The summed E-state index contributed by atoms with van der Waals surface area (Å²) >= 11 is 5.54. The summed E-state index contributed by atoms with van der Waals surface area (Å²) in [6, 6.07) is 7.48. The largest absolute Gasteiger partial charge is 0.310 e. The Balaban J connectivity index is 1.97. The number of hydrogen-bond acceptors (Lipinski definition) is 3. The summed E-state index contributed by atoms with van der Waals surface area (Å²) in [4.78, 5) is 0.237. The first kappa shape index (κ1) is 14.5. The van der Waals surface area contributed by atoms with E-state index in [9.17, 15) is 8.42 Å². The van der Waals surface area contributed by atoms with Crippen LogP contribution in [0, 0.1) is 0 Å². The Morgan fingerprint density at radius 3 is 2.47 bits per heavy atom. The molecule has 0 bridgehead atoms. The van der Waals surface area contributed by atoms with Crippen molar-refractivity contribution >= 4 is 21.6 Å². The van der Waals surface area contributed by atoms with Crippen LogP contribution in [0.3, 0.4) is 0 Å². The molecule has 1 saturated carbocycles. The summed E-state index contributed by atoms with van der Waals surface area (Å²) in [6.45, 7) is 4.25. The molecule has 0 spiro atoms. The third-order valence-corrected chi connectivity index (χ3v) is 4.41. The summed E-state index contributed by atoms with van der Waals surface area (Å²) in [5, 5.41) is 3.64. The van der Waals surface area contributed by atoms with Crippen LogP contribution >= 0.6 is 11.6 Å². The standard InChI is InChI=1S/C13H17ClN2O2S/c1-10(14)8-16-19(17,18)13-6-2-11(3-7-13)9-15-12-4-5-12/h2-3,6-7,12,15-16H,1,4-5,8-9H2. The van der Waals surface area contributed by atoms with Crippen LogP contribution in [-0.2, 0) is 16.6 Å².